The summed E-state index contributed by atoms with van der Waals surface area (Å²) >= 11 is 0. The van der Waals surface area contributed by atoms with Crippen LogP contribution in [-0.2, 0) is 6.54 Å². The first-order valence-electron chi connectivity index (χ1n) is 8.68. The summed E-state index contributed by atoms with van der Waals surface area (Å²) in [5, 5.41) is 3.52. The number of aromatic nitrogens is 1. The minimum absolute atomic E-state index is 0.722. The van der Waals surface area contributed by atoms with Gasteiger partial charge >= 0.3 is 0 Å². The number of nitrogens with one attached hydrogen (secondary N) is 1. The van der Waals surface area contributed by atoms with Crippen LogP contribution in [0.4, 0.5) is 0 Å². The summed E-state index contributed by atoms with van der Waals surface area (Å²) in [7, 11) is 0. The predicted octanol–water partition coefficient (Wildman–Crippen LogP) is 3.22. The summed E-state index contributed by atoms with van der Waals surface area (Å²) in [6.07, 6.45) is 13.9. The Hall–Kier alpha value is -0.930. The van der Waals surface area contributed by atoms with E-state index in [1.54, 1.807) is 0 Å². The lowest BCUT2D eigenvalue weighted by Crippen LogP contribution is -2.56. The highest BCUT2D eigenvalue weighted by Gasteiger charge is 2.41. The smallest absolute Gasteiger partial charge is 0.0312 e. The average Bonchev–Trinajstić information content (AvgIpc) is 2.73. The fourth-order valence-corrected chi connectivity index (χ4v) is 4.02. The van der Waals surface area contributed by atoms with Crippen molar-refractivity contribution in [2.24, 2.45) is 5.41 Å². The van der Waals surface area contributed by atoms with Crippen molar-refractivity contribution in [2.75, 3.05) is 26.2 Å². The van der Waals surface area contributed by atoms with Crippen LogP contribution in [0.15, 0.2) is 24.5 Å². The maximum atomic E-state index is 4.14. The molecule has 0 radical (unpaired) electrons. The van der Waals surface area contributed by atoms with E-state index in [2.05, 4.69) is 21.3 Å². The van der Waals surface area contributed by atoms with Gasteiger partial charge in [0, 0.05) is 32.0 Å². The van der Waals surface area contributed by atoms with Crippen LogP contribution in [0.25, 0.3) is 0 Å². The summed E-state index contributed by atoms with van der Waals surface area (Å²) in [6.45, 7) is 6.06. The van der Waals surface area contributed by atoms with Crippen molar-refractivity contribution in [3.63, 3.8) is 0 Å². The minimum atomic E-state index is 0.722. The zero-order valence-corrected chi connectivity index (χ0v) is 13.2. The maximum Gasteiger partial charge on any atom is 0.0312 e. The monoisotopic (exact) mass is 287 g/mol. The Morgan fingerprint density at radius 1 is 1.14 bits per heavy atom. The van der Waals surface area contributed by atoms with Gasteiger partial charge in [-0.2, -0.15) is 0 Å². The molecule has 1 saturated carbocycles. The zero-order chi connectivity index (χ0) is 14.4. The minimum Gasteiger partial charge on any atom is -0.313 e. The third kappa shape index (κ3) is 4.27. The zero-order valence-electron chi connectivity index (χ0n) is 13.2. The number of hydrogen-bond acceptors (Lipinski definition) is 3. The van der Waals surface area contributed by atoms with Crippen molar-refractivity contribution in [1.29, 1.82) is 0 Å². The van der Waals surface area contributed by atoms with Crippen LogP contribution in [0.1, 0.15) is 50.5 Å². The molecule has 1 saturated heterocycles. The molecule has 3 heteroatoms. The van der Waals surface area contributed by atoms with Crippen molar-refractivity contribution in [3.8, 4) is 0 Å². The van der Waals surface area contributed by atoms with Crippen molar-refractivity contribution in [1.82, 2.24) is 15.2 Å². The summed E-state index contributed by atoms with van der Waals surface area (Å²) in [4.78, 5) is 6.81. The van der Waals surface area contributed by atoms with Gasteiger partial charge in [0.25, 0.3) is 0 Å². The normalized spacial score (nSPS) is 21.9. The van der Waals surface area contributed by atoms with Crippen molar-refractivity contribution in [2.45, 2.75) is 51.5 Å². The quantitative estimate of drug-likeness (QED) is 0.814. The molecule has 0 bridgehead atoms. The third-order valence-corrected chi connectivity index (χ3v) is 5.16. The predicted molar refractivity (Wildman–Crippen MR) is 87.1 cm³/mol. The van der Waals surface area contributed by atoms with Crippen LogP contribution in [0, 0.1) is 5.41 Å². The first-order valence-corrected chi connectivity index (χ1v) is 8.68. The van der Waals surface area contributed by atoms with E-state index in [0.29, 0.717) is 0 Å². The molecular weight excluding hydrogens is 258 g/mol. The number of rotatable bonds is 6. The Labute approximate surface area is 129 Å². The van der Waals surface area contributed by atoms with Gasteiger partial charge in [0.05, 0.1) is 0 Å². The Morgan fingerprint density at radius 2 is 1.95 bits per heavy atom. The fourth-order valence-electron chi connectivity index (χ4n) is 4.02. The molecule has 2 aliphatic rings. The lowest BCUT2D eigenvalue weighted by atomic mass is 9.73. The van der Waals surface area contributed by atoms with Gasteiger partial charge in [0.2, 0.25) is 0 Å². The highest BCUT2D eigenvalue weighted by Crippen LogP contribution is 2.42. The molecule has 1 aromatic heterocycles. The van der Waals surface area contributed by atoms with Crippen molar-refractivity contribution in [3.05, 3.63) is 30.1 Å². The van der Waals surface area contributed by atoms with Crippen molar-refractivity contribution >= 4 is 0 Å². The first-order chi connectivity index (χ1) is 10.4. The number of nitrogens with zero attached hydrogens (tertiary/aromatic N) is 2. The molecule has 1 N–H and O–H groups in total. The molecule has 3 rings (SSSR count). The van der Waals surface area contributed by atoms with E-state index in [9.17, 15) is 0 Å². The Kier molecular flexibility index (Phi) is 5.26. The summed E-state index contributed by atoms with van der Waals surface area (Å²) < 4.78 is 0. The third-order valence-electron chi connectivity index (χ3n) is 5.16. The first kappa shape index (κ1) is 15.0. The van der Waals surface area contributed by atoms with Crippen LogP contribution in [0.5, 0.6) is 0 Å². The van der Waals surface area contributed by atoms with E-state index in [4.69, 9.17) is 0 Å². The van der Waals surface area contributed by atoms with Crippen molar-refractivity contribution < 1.29 is 0 Å². The maximum absolute atomic E-state index is 4.14. The summed E-state index contributed by atoms with van der Waals surface area (Å²) in [5.74, 6) is 0. The lowest BCUT2D eigenvalue weighted by Gasteiger charge is -2.50. The van der Waals surface area contributed by atoms with Gasteiger partial charge in [-0.05, 0) is 49.4 Å². The molecule has 2 fully saturated rings. The standard InChI is InChI=1S/C18H29N3/c1-2-4-9-18(8-3-1)15-21(16-18)12-6-11-20-14-17-7-5-10-19-13-17/h5,7,10,13,20H,1-4,6,8-9,11-12,14-16H2. The highest BCUT2D eigenvalue weighted by molar-refractivity contribution is 5.07. The molecule has 116 valence electrons. The van der Waals surface area contributed by atoms with Gasteiger partial charge in [-0.1, -0.05) is 31.7 Å². The molecule has 21 heavy (non-hydrogen) atoms. The second-order valence-electron chi connectivity index (χ2n) is 7.02. The van der Waals surface area contributed by atoms with Crippen LogP contribution >= 0.6 is 0 Å². The van der Waals surface area contributed by atoms with Crippen LogP contribution in [-0.4, -0.2) is 36.1 Å². The Bertz CT molecular complexity index is 402. The van der Waals surface area contributed by atoms with Gasteiger partial charge in [0.1, 0.15) is 0 Å². The number of likely N-dealkylation sites (tertiary alicyclic amines) is 1. The number of hydrogen-bond donors (Lipinski definition) is 1. The van der Waals surface area contributed by atoms with Crippen LogP contribution < -0.4 is 5.32 Å². The fraction of sp³-hybridized carbons (Fsp3) is 0.722. The molecule has 0 atom stereocenters. The van der Waals surface area contributed by atoms with E-state index in [1.165, 1.54) is 70.1 Å². The Morgan fingerprint density at radius 3 is 2.67 bits per heavy atom. The highest BCUT2D eigenvalue weighted by atomic mass is 15.2. The Balaban J connectivity index is 1.26. The van der Waals surface area contributed by atoms with Gasteiger partial charge < -0.3 is 10.2 Å². The molecule has 1 spiro atoms. The summed E-state index contributed by atoms with van der Waals surface area (Å²) in [5.41, 5.74) is 2.00. The molecular formula is C18H29N3. The second kappa shape index (κ2) is 7.37. The molecule has 1 aromatic rings. The van der Waals surface area contributed by atoms with E-state index in [0.717, 1.165) is 18.5 Å². The van der Waals surface area contributed by atoms with E-state index < -0.39 is 0 Å². The van der Waals surface area contributed by atoms with Gasteiger partial charge in [-0.25, -0.2) is 0 Å². The van der Waals surface area contributed by atoms with Gasteiger partial charge in [-0.15, -0.1) is 0 Å². The second-order valence-corrected chi connectivity index (χ2v) is 7.02. The molecule has 0 amide bonds. The molecule has 0 aromatic carbocycles. The van der Waals surface area contributed by atoms with Crippen LogP contribution in [0.3, 0.4) is 0 Å². The van der Waals surface area contributed by atoms with E-state index in [-0.39, 0.29) is 0 Å². The molecule has 3 nitrogen and oxygen atoms in total. The average molecular weight is 287 g/mol. The van der Waals surface area contributed by atoms with E-state index in [1.807, 2.05) is 18.5 Å². The van der Waals surface area contributed by atoms with Gasteiger partial charge in [0.15, 0.2) is 0 Å². The number of pyridine rings is 1. The van der Waals surface area contributed by atoms with Gasteiger partial charge in [-0.3, -0.25) is 4.98 Å². The SMILES string of the molecule is c1cncc(CNCCCN2CC3(CCCCCC3)C2)c1. The molecule has 1 aliphatic carbocycles. The summed E-state index contributed by atoms with van der Waals surface area (Å²) in [6, 6.07) is 4.13. The lowest BCUT2D eigenvalue weighted by molar-refractivity contribution is -0.0119. The molecule has 1 aliphatic heterocycles. The molecule has 0 unspecified atom stereocenters. The van der Waals surface area contributed by atoms with E-state index >= 15 is 0 Å². The topological polar surface area (TPSA) is 28.2 Å². The van der Waals surface area contributed by atoms with Crippen LogP contribution in [0.2, 0.25) is 0 Å². The molecule has 2 heterocycles. The largest absolute Gasteiger partial charge is 0.313 e.